The van der Waals surface area contributed by atoms with Gasteiger partial charge in [-0.2, -0.15) is 0 Å². The Morgan fingerprint density at radius 3 is 1.97 bits per heavy atom. The smallest absolute Gasteiger partial charge is 0.157 e. The highest BCUT2D eigenvalue weighted by Crippen LogP contribution is 2.42. The molecule has 32 heavy (non-hydrogen) atoms. The minimum absolute atomic E-state index is 0.0548. The summed E-state index contributed by atoms with van der Waals surface area (Å²) in [6, 6.07) is 12.1. The molecule has 0 bridgehead atoms. The standard InChI is InChI=1S/C28H38N2O2/c1-26(2,3)18-13-21(27(4,5)6)25(32)24(14-18)30-23-12-10-9-11-22(23)29-19-15-20(31)17-28(7,8)16-19/h9-15,29-30,32H,16-17H2,1-8H3. The Kier molecular flexibility index (Phi) is 6.21. The first-order valence-electron chi connectivity index (χ1n) is 11.4. The van der Waals surface area contributed by atoms with Crippen LogP contribution in [0.15, 0.2) is 48.2 Å². The molecular formula is C28H38N2O2. The maximum absolute atomic E-state index is 12.2. The molecular weight excluding hydrogens is 396 g/mol. The second-order valence-electron chi connectivity index (χ2n) is 11.9. The number of para-hydroxylation sites is 2. The van der Waals surface area contributed by atoms with Crippen LogP contribution in [0.1, 0.15) is 79.4 Å². The number of aromatic hydroxyl groups is 1. The van der Waals surface area contributed by atoms with Gasteiger partial charge in [0.15, 0.2) is 5.78 Å². The van der Waals surface area contributed by atoms with Crippen LogP contribution < -0.4 is 10.6 Å². The lowest BCUT2D eigenvalue weighted by Crippen LogP contribution is -2.24. The molecule has 2 aromatic carbocycles. The van der Waals surface area contributed by atoms with Crippen LogP contribution in [-0.4, -0.2) is 10.9 Å². The fourth-order valence-electron chi connectivity index (χ4n) is 4.18. The number of phenols is 1. The molecule has 0 spiro atoms. The lowest BCUT2D eigenvalue weighted by molar-refractivity contribution is -0.117. The highest BCUT2D eigenvalue weighted by atomic mass is 16.3. The quantitative estimate of drug-likeness (QED) is 0.438. The zero-order valence-corrected chi connectivity index (χ0v) is 20.8. The Morgan fingerprint density at radius 1 is 0.844 bits per heavy atom. The number of carbonyl (C=O) groups excluding carboxylic acids is 1. The molecule has 4 nitrogen and oxygen atoms in total. The molecule has 0 aromatic heterocycles. The number of anilines is 3. The summed E-state index contributed by atoms with van der Waals surface area (Å²) in [5.41, 5.74) is 5.11. The van der Waals surface area contributed by atoms with Crippen molar-refractivity contribution in [3.8, 4) is 5.75 Å². The van der Waals surface area contributed by atoms with E-state index in [-0.39, 0.29) is 27.8 Å². The number of carbonyl (C=O) groups is 1. The number of hydrogen-bond donors (Lipinski definition) is 3. The monoisotopic (exact) mass is 434 g/mol. The Hall–Kier alpha value is -2.75. The van der Waals surface area contributed by atoms with Gasteiger partial charge in [-0.3, -0.25) is 4.79 Å². The molecule has 0 saturated heterocycles. The number of nitrogens with one attached hydrogen (secondary N) is 2. The molecule has 4 heteroatoms. The minimum Gasteiger partial charge on any atom is -0.505 e. The van der Waals surface area contributed by atoms with E-state index in [1.54, 1.807) is 6.08 Å². The van der Waals surface area contributed by atoms with Gasteiger partial charge in [0.1, 0.15) is 5.75 Å². The van der Waals surface area contributed by atoms with Gasteiger partial charge in [0, 0.05) is 23.8 Å². The Labute approximate surface area is 193 Å². The summed E-state index contributed by atoms with van der Waals surface area (Å²) in [6.45, 7) is 17.1. The van der Waals surface area contributed by atoms with Crippen molar-refractivity contribution in [3.05, 3.63) is 59.3 Å². The molecule has 0 heterocycles. The lowest BCUT2D eigenvalue weighted by atomic mass is 9.79. The van der Waals surface area contributed by atoms with Gasteiger partial charge in [-0.25, -0.2) is 0 Å². The van der Waals surface area contributed by atoms with Crippen LogP contribution in [0.4, 0.5) is 17.1 Å². The third-order valence-corrected chi connectivity index (χ3v) is 5.93. The van der Waals surface area contributed by atoms with Gasteiger partial charge in [-0.1, -0.05) is 73.6 Å². The van der Waals surface area contributed by atoms with E-state index >= 15 is 0 Å². The summed E-state index contributed by atoms with van der Waals surface area (Å²) in [5.74, 6) is 0.424. The second kappa shape index (κ2) is 8.31. The number of phenolic OH excluding ortho intramolecular Hbond substituents is 1. The first kappa shape index (κ1) is 23.9. The number of hydrogen-bond acceptors (Lipinski definition) is 4. The average Bonchev–Trinajstić information content (AvgIpc) is 2.61. The van der Waals surface area contributed by atoms with Gasteiger partial charge in [-0.05, 0) is 46.4 Å². The van der Waals surface area contributed by atoms with Crippen molar-refractivity contribution in [2.24, 2.45) is 5.41 Å². The maximum atomic E-state index is 12.2. The molecule has 0 radical (unpaired) electrons. The van der Waals surface area contributed by atoms with Crippen molar-refractivity contribution >= 4 is 22.8 Å². The first-order valence-corrected chi connectivity index (χ1v) is 11.4. The molecule has 1 aliphatic rings. The van der Waals surface area contributed by atoms with E-state index in [1.807, 2.05) is 30.3 Å². The molecule has 3 rings (SSSR count). The van der Waals surface area contributed by atoms with E-state index in [1.165, 1.54) is 0 Å². The Bertz CT molecular complexity index is 1050. The van der Waals surface area contributed by atoms with Gasteiger partial charge < -0.3 is 15.7 Å². The van der Waals surface area contributed by atoms with E-state index < -0.39 is 0 Å². The molecule has 172 valence electrons. The molecule has 1 aliphatic carbocycles. The van der Waals surface area contributed by atoms with E-state index in [9.17, 15) is 9.90 Å². The van der Waals surface area contributed by atoms with Crippen molar-refractivity contribution in [2.45, 2.75) is 79.1 Å². The van der Waals surface area contributed by atoms with Crippen LogP contribution in [0.25, 0.3) is 0 Å². The van der Waals surface area contributed by atoms with E-state index in [2.05, 4.69) is 72.1 Å². The number of allylic oxidation sites excluding steroid dienone is 2. The summed E-state index contributed by atoms with van der Waals surface area (Å²) in [4.78, 5) is 12.2. The fourth-order valence-corrected chi connectivity index (χ4v) is 4.18. The largest absolute Gasteiger partial charge is 0.505 e. The summed E-state index contributed by atoms with van der Waals surface area (Å²) in [5, 5.41) is 18.1. The van der Waals surface area contributed by atoms with E-state index in [0.29, 0.717) is 12.1 Å². The maximum Gasteiger partial charge on any atom is 0.157 e. The highest BCUT2D eigenvalue weighted by molar-refractivity contribution is 5.92. The molecule has 2 aromatic rings. The zero-order chi connectivity index (χ0) is 23.9. The molecule has 0 aliphatic heterocycles. The van der Waals surface area contributed by atoms with Gasteiger partial charge in [0.25, 0.3) is 0 Å². The topological polar surface area (TPSA) is 61.4 Å². The summed E-state index contributed by atoms with van der Waals surface area (Å²) < 4.78 is 0. The molecule has 0 atom stereocenters. The molecule has 0 amide bonds. The van der Waals surface area contributed by atoms with Crippen LogP contribution in [0.5, 0.6) is 5.75 Å². The molecule has 0 fully saturated rings. The van der Waals surface area contributed by atoms with Gasteiger partial charge >= 0.3 is 0 Å². The number of rotatable bonds is 4. The Balaban J connectivity index is 2.01. The highest BCUT2D eigenvalue weighted by Gasteiger charge is 2.28. The van der Waals surface area contributed by atoms with Crippen LogP contribution in [0, 0.1) is 5.41 Å². The van der Waals surface area contributed by atoms with Crippen LogP contribution in [-0.2, 0) is 15.6 Å². The Morgan fingerprint density at radius 2 is 1.44 bits per heavy atom. The molecule has 0 unspecified atom stereocenters. The summed E-state index contributed by atoms with van der Waals surface area (Å²) in [7, 11) is 0. The van der Waals surface area contributed by atoms with Gasteiger partial charge in [0.2, 0.25) is 0 Å². The van der Waals surface area contributed by atoms with Crippen molar-refractivity contribution in [1.29, 1.82) is 0 Å². The third-order valence-electron chi connectivity index (χ3n) is 5.93. The van der Waals surface area contributed by atoms with Gasteiger partial charge in [0.05, 0.1) is 17.1 Å². The summed E-state index contributed by atoms with van der Waals surface area (Å²) in [6.07, 6.45) is 3.10. The van der Waals surface area contributed by atoms with Crippen LogP contribution in [0.2, 0.25) is 0 Å². The zero-order valence-electron chi connectivity index (χ0n) is 20.8. The first-order chi connectivity index (χ1) is 14.7. The SMILES string of the molecule is CC1(C)CC(=O)C=C(Nc2ccccc2Nc2cc(C(C)(C)C)cc(C(C)(C)C)c2O)C1. The van der Waals surface area contributed by atoms with Gasteiger partial charge in [-0.15, -0.1) is 0 Å². The van der Waals surface area contributed by atoms with E-state index in [0.717, 1.165) is 34.6 Å². The lowest BCUT2D eigenvalue weighted by Gasteiger charge is -2.30. The fraction of sp³-hybridized carbons (Fsp3) is 0.464. The predicted octanol–water partition coefficient (Wildman–Crippen LogP) is 7.42. The number of benzene rings is 2. The molecule has 3 N–H and O–H groups in total. The predicted molar refractivity (Wildman–Crippen MR) is 135 cm³/mol. The normalized spacial score (nSPS) is 16.5. The second-order valence-corrected chi connectivity index (χ2v) is 11.9. The minimum atomic E-state index is -0.196. The average molecular weight is 435 g/mol. The van der Waals surface area contributed by atoms with E-state index in [4.69, 9.17) is 0 Å². The van der Waals surface area contributed by atoms with Crippen molar-refractivity contribution < 1.29 is 9.90 Å². The van der Waals surface area contributed by atoms with Crippen molar-refractivity contribution in [3.63, 3.8) is 0 Å². The third kappa shape index (κ3) is 5.53. The van der Waals surface area contributed by atoms with Crippen molar-refractivity contribution in [1.82, 2.24) is 0 Å². The van der Waals surface area contributed by atoms with Crippen LogP contribution >= 0.6 is 0 Å². The van der Waals surface area contributed by atoms with Crippen LogP contribution in [0.3, 0.4) is 0 Å². The van der Waals surface area contributed by atoms with Crippen molar-refractivity contribution in [2.75, 3.05) is 10.6 Å². The number of ketones is 1. The summed E-state index contributed by atoms with van der Waals surface area (Å²) >= 11 is 0. The molecule has 0 saturated carbocycles.